The van der Waals surface area contributed by atoms with E-state index in [0.29, 0.717) is 5.95 Å². The van der Waals surface area contributed by atoms with Gasteiger partial charge in [0.1, 0.15) is 5.82 Å². The average molecular weight is 205 g/mol. The first-order valence-electron chi connectivity index (χ1n) is 5.45. The molecule has 0 atom stereocenters. The SMILES string of the molecule is Nc1nc2c(c(N3CCC3)n1)CCNC2. The molecule has 1 fully saturated rings. The Labute approximate surface area is 88.7 Å². The fourth-order valence-electron chi connectivity index (χ4n) is 2.15. The van der Waals surface area contributed by atoms with E-state index in [1.165, 1.54) is 12.0 Å². The molecule has 0 unspecified atom stereocenters. The molecule has 0 aliphatic carbocycles. The van der Waals surface area contributed by atoms with E-state index in [2.05, 4.69) is 20.2 Å². The summed E-state index contributed by atoms with van der Waals surface area (Å²) in [6, 6.07) is 0. The highest BCUT2D eigenvalue weighted by Gasteiger charge is 2.23. The van der Waals surface area contributed by atoms with E-state index >= 15 is 0 Å². The molecule has 1 aromatic rings. The van der Waals surface area contributed by atoms with Crippen LogP contribution in [0.2, 0.25) is 0 Å². The molecular formula is C10H15N5. The molecule has 15 heavy (non-hydrogen) atoms. The summed E-state index contributed by atoms with van der Waals surface area (Å²) < 4.78 is 0. The summed E-state index contributed by atoms with van der Waals surface area (Å²) in [5.41, 5.74) is 8.10. The van der Waals surface area contributed by atoms with Crippen LogP contribution in [0.25, 0.3) is 0 Å². The number of nitrogens with one attached hydrogen (secondary N) is 1. The highest BCUT2D eigenvalue weighted by molar-refractivity contribution is 5.54. The van der Waals surface area contributed by atoms with E-state index in [4.69, 9.17) is 5.73 Å². The molecule has 2 aliphatic heterocycles. The minimum absolute atomic E-state index is 0.402. The lowest BCUT2D eigenvalue weighted by Crippen LogP contribution is -2.40. The number of nitrogen functional groups attached to an aromatic ring is 1. The van der Waals surface area contributed by atoms with Crippen LogP contribution in [0.4, 0.5) is 11.8 Å². The highest BCUT2D eigenvalue weighted by Crippen LogP contribution is 2.27. The van der Waals surface area contributed by atoms with Crippen LogP contribution in [0.1, 0.15) is 17.7 Å². The van der Waals surface area contributed by atoms with Gasteiger partial charge >= 0.3 is 0 Å². The van der Waals surface area contributed by atoms with Crippen molar-refractivity contribution in [1.29, 1.82) is 0 Å². The van der Waals surface area contributed by atoms with Gasteiger partial charge in [0.15, 0.2) is 0 Å². The zero-order valence-corrected chi connectivity index (χ0v) is 8.66. The summed E-state index contributed by atoms with van der Waals surface area (Å²) in [7, 11) is 0. The van der Waals surface area contributed by atoms with Crippen LogP contribution in [0.3, 0.4) is 0 Å². The van der Waals surface area contributed by atoms with Gasteiger partial charge in [0, 0.05) is 25.2 Å². The third-order valence-electron chi connectivity index (χ3n) is 3.09. The molecule has 0 saturated carbocycles. The van der Waals surface area contributed by atoms with Gasteiger partial charge in [0.2, 0.25) is 5.95 Å². The molecule has 1 saturated heterocycles. The fraction of sp³-hybridized carbons (Fsp3) is 0.600. The first-order valence-corrected chi connectivity index (χ1v) is 5.45. The lowest BCUT2D eigenvalue weighted by atomic mass is 10.1. The predicted octanol–water partition coefficient (Wildman–Crippen LogP) is -0.0854. The Kier molecular flexibility index (Phi) is 1.98. The van der Waals surface area contributed by atoms with Crippen molar-refractivity contribution in [2.75, 3.05) is 30.3 Å². The second-order valence-corrected chi connectivity index (χ2v) is 4.10. The maximum absolute atomic E-state index is 5.72. The third-order valence-corrected chi connectivity index (χ3v) is 3.09. The number of fused-ring (bicyclic) bond motifs is 1. The lowest BCUT2D eigenvalue weighted by Gasteiger charge is -2.34. The summed E-state index contributed by atoms with van der Waals surface area (Å²) in [5.74, 6) is 1.48. The molecule has 1 aromatic heterocycles. The van der Waals surface area contributed by atoms with Crippen LogP contribution < -0.4 is 16.0 Å². The minimum atomic E-state index is 0.402. The molecule has 0 bridgehead atoms. The van der Waals surface area contributed by atoms with Gasteiger partial charge in [0.05, 0.1) is 5.69 Å². The van der Waals surface area contributed by atoms with Crippen molar-refractivity contribution >= 4 is 11.8 Å². The quantitative estimate of drug-likeness (QED) is 0.671. The van der Waals surface area contributed by atoms with Gasteiger partial charge in [-0.2, -0.15) is 4.98 Å². The number of nitrogens with zero attached hydrogens (tertiary/aromatic N) is 3. The normalized spacial score (nSPS) is 19.6. The van der Waals surface area contributed by atoms with Crippen molar-refractivity contribution < 1.29 is 0 Å². The molecule has 2 aliphatic rings. The van der Waals surface area contributed by atoms with Gasteiger partial charge in [-0.1, -0.05) is 0 Å². The first kappa shape index (κ1) is 8.91. The first-order chi connectivity index (χ1) is 7.34. The Morgan fingerprint density at radius 1 is 1.27 bits per heavy atom. The molecule has 3 N–H and O–H groups in total. The maximum Gasteiger partial charge on any atom is 0.222 e. The van der Waals surface area contributed by atoms with E-state index in [9.17, 15) is 0 Å². The van der Waals surface area contributed by atoms with Gasteiger partial charge in [-0.15, -0.1) is 0 Å². The molecule has 5 nitrogen and oxygen atoms in total. The third kappa shape index (κ3) is 1.43. The largest absolute Gasteiger partial charge is 0.368 e. The van der Waals surface area contributed by atoms with E-state index in [1.807, 2.05) is 0 Å². The monoisotopic (exact) mass is 205 g/mol. The zero-order chi connectivity index (χ0) is 10.3. The zero-order valence-electron chi connectivity index (χ0n) is 8.66. The number of aromatic nitrogens is 2. The van der Waals surface area contributed by atoms with Crippen molar-refractivity contribution in [2.45, 2.75) is 19.4 Å². The van der Waals surface area contributed by atoms with E-state index < -0.39 is 0 Å². The van der Waals surface area contributed by atoms with Crippen LogP contribution in [0.5, 0.6) is 0 Å². The van der Waals surface area contributed by atoms with Crippen LogP contribution in [0, 0.1) is 0 Å². The molecule has 3 heterocycles. The molecular weight excluding hydrogens is 190 g/mol. The predicted molar refractivity (Wildman–Crippen MR) is 58.7 cm³/mol. The topological polar surface area (TPSA) is 67.1 Å². The maximum atomic E-state index is 5.72. The minimum Gasteiger partial charge on any atom is -0.368 e. The summed E-state index contributed by atoms with van der Waals surface area (Å²) >= 11 is 0. The van der Waals surface area contributed by atoms with Crippen LogP contribution in [-0.2, 0) is 13.0 Å². The average Bonchev–Trinajstić information content (AvgIpc) is 2.14. The van der Waals surface area contributed by atoms with Crippen molar-refractivity contribution in [3.05, 3.63) is 11.3 Å². The van der Waals surface area contributed by atoms with E-state index in [0.717, 1.165) is 44.1 Å². The van der Waals surface area contributed by atoms with Crippen LogP contribution in [-0.4, -0.2) is 29.6 Å². The number of nitrogens with two attached hydrogens (primary N) is 1. The van der Waals surface area contributed by atoms with Crippen molar-refractivity contribution in [3.8, 4) is 0 Å². The second-order valence-electron chi connectivity index (χ2n) is 4.10. The van der Waals surface area contributed by atoms with Crippen molar-refractivity contribution in [2.24, 2.45) is 0 Å². The smallest absolute Gasteiger partial charge is 0.222 e. The summed E-state index contributed by atoms with van der Waals surface area (Å²) in [6.45, 7) is 4.05. The number of anilines is 2. The van der Waals surface area contributed by atoms with Crippen molar-refractivity contribution in [3.63, 3.8) is 0 Å². The van der Waals surface area contributed by atoms with E-state index in [-0.39, 0.29) is 0 Å². The summed E-state index contributed by atoms with van der Waals surface area (Å²) in [5, 5.41) is 3.31. The molecule has 80 valence electrons. The lowest BCUT2D eigenvalue weighted by molar-refractivity contribution is 0.584. The van der Waals surface area contributed by atoms with Crippen LogP contribution >= 0.6 is 0 Å². The second kappa shape index (κ2) is 3.34. The number of hydrogen-bond acceptors (Lipinski definition) is 5. The molecule has 0 radical (unpaired) electrons. The van der Waals surface area contributed by atoms with Gasteiger partial charge in [0.25, 0.3) is 0 Å². The molecule has 0 spiro atoms. The number of hydrogen-bond donors (Lipinski definition) is 2. The molecule has 0 amide bonds. The Balaban J connectivity index is 2.06. The van der Waals surface area contributed by atoms with E-state index in [1.54, 1.807) is 0 Å². The molecule has 5 heteroatoms. The van der Waals surface area contributed by atoms with Gasteiger partial charge in [-0.3, -0.25) is 0 Å². The summed E-state index contributed by atoms with van der Waals surface area (Å²) in [4.78, 5) is 11.0. The van der Waals surface area contributed by atoms with Gasteiger partial charge < -0.3 is 16.0 Å². The van der Waals surface area contributed by atoms with Crippen LogP contribution in [0.15, 0.2) is 0 Å². The Hall–Kier alpha value is -1.36. The summed E-state index contributed by atoms with van der Waals surface area (Å²) in [6.07, 6.45) is 2.28. The van der Waals surface area contributed by atoms with Gasteiger partial charge in [-0.05, 0) is 19.4 Å². The Morgan fingerprint density at radius 2 is 2.13 bits per heavy atom. The Bertz CT molecular complexity index is 386. The fourth-order valence-corrected chi connectivity index (χ4v) is 2.15. The molecule has 3 rings (SSSR count). The number of rotatable bonds is 1. The van der Waals surface area contributed by atoms with Crippen molar-refractivity contribution in [1.82, 2.24) is 15.3 Å². The van der Waals surface area contributed by atoms with Gasteiger partial charge in [-0.25, -0.2) is 4.98 Å². The standard InChI is InChI=1S/C10H15N5/c11-10-13-8-6-12-3-2-7(8)9(14-10)15-4-1-5-15/h12H,1-6H2,(H2,11,13,14). The highest BCUT2D eigenvalue weighted by atomic mass is 15.2. The molecule has 0 aromatic carbocycles. The Morgan fingerprint density at radius 3 is 2.87 bits per heavy atom.